The molecule has 1 aromatic carbocycles. The molecule has 0 radical (unpaired) electrons. The van der Waals surface area contributed by atoms with E-state index in [1.807, 2.05) is 31.2 Å². The highest BCUT2D eigenvalue weighted by molar-refractivity contribution is 7.14. The number of ether oxygens (including phenoxy) is 1. The summed E-state index contributed by atoms with van der Waals surface area (Å²) in [5.74, 6) is 1.05. The van der Waals surface area contributed by atoms with Gasteiger partial charge in [0, 0.05) is 22.8 Å². The molecule has 1 aliphatic rings. The minimum absolute atomic E-state index is 0.0521. The summed E-state index contributed by atoms with van der Waals surface area (Å²) in [5.41, 5.74) is 0.931. The van der Waals surface area contributed by atoms with Gasteiger partial charge in [0.1, 0.15) is 11.5 Å². The molecule has 4 nitrogen and oxygen atoms in total. The van der Waals surface area contributed by atoms with E-state index in [2.05, 4.69) is 0 Å². The van der Waals surface area contributed by atoms with E-state index in [9.17, 15) is 14.7 Å². The number of carbonyl (C=O) groups is 2. The summed E-state index contributed by atoms with van der Waals surface area (Å²) in [6, 6.07) is 9.01. The van der Waals surface area contributed by atoms with Gasteiger partial charge in [-0.3, -0.25) is 9.59 Å². The number of phenolic OH excluding ortho intramolecular Hbond substituents is 1. The number of ketones is 2. The third kappa shape index (κ3) is 5.07. The lowest BCUT2D eigenvalue weighted by Crippen LogP contribution is -2.21. The van der Waals surface area contributed by atoms with E-state index in [1.165, 1.54) is 16.2 Å². The standard InChI is InChI=1S/C22H24O4S/c1-14-10-17(24)12-18(11-14)26-13-16-6-8-21(25)20(16)5-3-4-19-7-9-22(27-19)15(2)23/h6-12,16,20,24H,3-5,13H2,1-2H3/t16?,20-/m1/s1. The Kier molecular flexibility index (Phi) is 6.11. The minimum atomic E-state index is -0.0596. The second kappa shape index (κ2) is 8.53. The van der Waals surface area contributed by atoms with E-state index in [1.54, 1.807) is 25.1 Å². The van der Waals surface area contributed by atoms with Crippen molar-refractivity contribution in [1.82, 2.24) is 0 Å². The molecular formula is C22H24O4S. The average molecular weight is 384 g/mol. The molecular weight excluding hydrogens is 360 g/mol. The molecule has 0 amide bonds. The first-order valence-corrected chi connectivity index (χ1v) is 9.99. The largest absolute Gasteiger partial charge is 0.508 e. The van der Waals surface area contributed by atoms with Gasteiger partial charge in [-0.2, -0.15) is 0 Å². The molecule has 1 N–H and O–H groups in total. The van der Waals surface area contributed by atoms with Crippen LogP contribution in [0.25, 0.3) is 0 Å². The molecule has 2 aromatic rings. The number of benzene rings is 1. The van der Waals surface area contributed by atoms with Crippen molar-refractivity contribution in [3.8, 4) is 11.5 Å². The Balaban J connectivity index is 1.52. The lowest BCUT2D eigenvalue weighted by molar-refractivity contribution is -0.118. The van der Waals surface area contributed by atoms with Crippen LogP contribution in [0.3, 0.4) is 0 Å². The zero-order valence-corrected chi connectivity index (χ0v) is 16.4. The molecule has 142 valence electrons. The fourth-order valence-corrected chi connectivity index (χ4v) is 4.36. The summed E-state index contributed by atoms with van der Waals surface area (Å²) < 4.78 is 5.83. The second-order valence-electron chi connectivity index (χ2n) is 7.06. The van der Waals surface area contributed by atoms with Crippen LogP contribution in [0.4, 0.5) is 0 Å². The highest BCUT2D eigenvalue weighted by Crippen LogP contribution is 2.30. The van der Waals surface area contributed by atoms with Crippen LogP contribution in [-0.4, -0.2) is 23.3 Å². The number of hydrogen-bond acceptors (Lipinski definition) is 5. The molecule has 27 heavy (non-hydrogen) atoms. The second-order valence-corrected chi connectivity index (χ2v) is 8.23. The summed E-state index contributed by atoms with van der Waals surface area (Å²) in [6.45, 7) is 3.90. The van der Waals surface area contributed by atoms with Crippen molar-refractivity contribution < 1.29 is 19.4 Å². The maximum atomic E-state index is 12.2. The van der Waals surface area contributed by atoms with E-state index >= 15 is 0 Å². The fraction of sp³-hybridized carbons (Fsp3) is 0.364. The number of aromatic hydroxyl groups is 1. The Morgan fingerprint density at radius 2 is 2.07 bits per heavy atom. The lowest BCUT2D eigenvalue weighted by Gasteiger charge is -2.19. The first-order chi connectivity index (χ1) is 12.9. The molecule has 1 aliphatic carbocycles. The summed E-state index contributed by atoms with van der Waals surface area (Å²) >= 11 is 1.54. The maximum Gasteiger partial charge on any atom is 0.169 e. The van der Waals surface area contributed by atoms with Gasteiger partial charge in [-0.05, 0) is 69.0 Å². The number of phenols is 1. The topological polar surface area (TPSA) is 63.6 Å². The number of aryl methyl sites for hydroxylation is 2. The number of carbonyl (C=O) groups excluding carboxylic acids is 2. The quantitative estimate of drug-likeness (QED) is 0.668. The molecule has 0 bridgehead atoms. The number of hydrogen-bond donors (Lipinski definition) is 1. The van der Waals surface area contributed by atoms with Gasteiger partial charge in [0.05, 0.1) is 11.5 Å². The zero-order valence-electron chi connectivity index (χ0n) is 15.6. The molecule has 2 atom stereocenters. The highest BCUT2D eigenvalue weighted by atomic mass is 32.1. The lowest BCUT2D eigenvalue weighted by atomic mass is 9.90. The minimum Gasteiger partial charge on any atom is -0.508 e. The van der Waals surface area contributed by atoms with Crippen molar-refractivity contribution in [3.05, 3.63) is 57.8 Å². The Hall–Kier alpha value is -2.40. The van der Waals surface area contributed by atoms with Gasteiger partial charge in [-0.1, -0.05) is 6.08 Å². The van der Waals surface area contributed by atoms with E-state index in [0.29, 0.717) is 12.4 Å². The normalized spacial score (nSPS) is 18.8. The molecule has 1 unspecified atom stereocenters. The Labute approximate surface area is 163 Å². The number of Topliss-reactive ketones (excluding diaryl/α,β-unsaturated/α-hetero) is 1. The smallest absolute Gasteiger partial charge is 0.169 e. The first-order valence-electron chi connectivity index (χ1n) is 9.17. The van der Waals surface area contributed by atoms with Crippen molar-refractivity contribution in [2.45, 2.75) is 33.1 Å². The molecule has 3 rings (SSSR count). The Morgan fingerprint density at radius 3 is 2.78 bits per heavy atom. The van der Waals surface area contributed by atoms with Gasteiger partial charge < -0.3 is 9.84 Å². The van der Waals surface area contributed by atoms with Crippen LogP contribution >= 0.6 is 11.3 Å². The van der Waals surface area contributed by atoms with Gasteiger partial charge in [0.25, 0.3) is 0 Å². The van der Waals surface area contributed by atoms with Crippen molar-refractivity contribution in [1.29, 1.82) is 0 Å². The molecule has 1 aromatic heterocycles. The van der Waals surface area contributed by atoms with Crippen molar-refractivity contribution >= 4 is 22.9 Å². The van der Waals surface area contributed by atoms with Crippen LogP contribution in [0, 0.1) is 18.8 Å². The number of allylic oxidation sites excluding steroid dienone is 1. The summed E-state index contributed by atoms with van der Waals surface area (Å²) in [5, 5.41) is 9.67. The average Bonchev–Trinajstić information content (AvgIpc) is 3.20. The predicted molar refractivity (Wildman–Crippen MR) is 107 cm³/mol. The molecule has 0 saturated heterocycles. The maximum absolute atomic E-state index is 12.2. The van der Waals surface area contributed by atoms with Gasteiger partial charge >= 0.3 is 0 Å². The van der Waals surface area contributed by atoms with Crippen LogP contribution in [0.5, 0.6) is 11.5 Å². The molecule has 0 saturated carbocycles. The predicted octanol–water partition coefficient (Wildman–Crippen LogP) is 4.74. The third-order valence-corrected chi connectivity index (χ3v) is 6.06. The van der Waals surface area contributed by atoms with E-state index < -0.39 is 0 Å². The Morgan fingerprint density at radius 1 is 1.26 bits per heavy atom. The van der Waals surface area contributed by atoms with Crippen LogP contribution in [0.2, 0.25) is 0 Å². The number of rotatable bonds is 8. The van der Waals surface area contributed by atoms with Crippen molar-refractivity contribution in [2.75, 3.05) is 6.61 Å². The molecule has 0 spiro atoms. The summed E-state index contributed by atoms with van der Waals surface area (Å²) in [4.78, 5) is 25.6. The van der Waals surface area contributed by atoms with Crippen LogP contribution in [-0.2, 0) is 11.2 Å². The van der Waals surface area contributed by atoms with Gasteiger partial charge in [0.15, 0.2) is 11.6 Å². The zero-order chi connectivity index (χ0) is 19.4. The van der Waals surface area contributed by atoms with Crippen LogP contribution in [0.15, 0.2) is 42.5 Å². The van der Waals surface area contributed by atoms with Gasteiger partial charge in [-0.15, -0.1) is 11.3 Å². The molecule has 0 fully saturated rings. The van der Waals surface area contributed by atoms with E-state index in [-0.39, 0.29) is 29.2 Å². The fourth-order valence-electron chi connectivity index (χ4n) is 3.42. The van der Waals surface area contributed by atoms with Crippen molar-refractivity contribution in [2.24, 2.45) is 11.8 Å². The SMILES string of the molecule is CC(=O)c1ccc(CCC[C@H]2C(=O)C=CC2COc2cc(C)cc(O)c2)s1. The summed E-state index contributed by atoms with van der Waals surface area (Å²) in [7, 11) is 0. The first kappa shape index (κ1) is 19.4. The van der Waals surface area contributed by atoms with E-state index in [4.69, 9.17) is 4.74 Å². The van der Waals surface area contributed by atoms with Gasteiger partial charge in [-0.25, -0.2) is 0 Å². The van der Waals surface area contributed by atoms with Gasteiger partial charge in [0.2, 0.25) is 0 Å². The summed E-state index contributed by atoms with van der Waals surface area (Å²) in [6.07, 6.45) is 6.16. The van der Waals surface area contributed by atoms with E-state index in [0.717, 1.165) is 29.7 Å². The molecule has 5 heteroatoms. The highest BCUT2D eigenvalue weighted by Gasteiger charge is 2.30. The van der Waals surface area contributed by atoms with Crippen LogP contribution < -0.4 is 4.74 Å². The van der Waals surface area contributed by atoms with Crippen LogP contribution in [0.1, 0.15) is 39.9 Å². The molecule has 1 heterocycles. The Bertz CT molecular complexity index is 845. The third-order valence-electron chi connectivity index (χ3n) is 4.81. The molecule has 0 aliphatic heterocycles. The monoisotopic (exact) mass is 384 g/mol. The number of thiophene rings is 1. The van der Waals surface area contributed by atoms with Crippen molar-refractivity contribution in [3.63, 3.8) is 0 Å².